The van der Waals surface area contributed by atoms with Crippen molar-refractivity contribution >= 4 is 31.4 Å². The van der Waals surface area contributed by atoms with Gasteiger partial charge in [-0.2, -0.15) is 0 Å². The summed E-state index contributed by atoms with van der Waals surface area (Å²) in [6.45, 7) is 12.1. The van der Waals surface area contributed by atoms with Crippen LogP contribution < -0.4 is 0 Å². The van der Waals surface area contributed by atoms with Gasteiger partial charge in [0, 0.05) is 23.4 Å². The van der Waals surface area contributed by atoms with E-state index < -0.39 is 13.8 Å². The molecule has 22 heavy (non-hydrogen) atoms. The minimum absolute atomic E-state index is 0.364. The van der Waals surface area contributed by atoms with Gasteiger partial charge < -0.3 is 9.39 Å². The van der Waals surface area contributed by atoms with Gasteiger partial charge in [-0.25, -0.2) is 4.79 Å². The van der Waals surface area contributed by atoms with E-state index in [1.165, 1.54) is 0 Å². The molecule has 0 bridgehead atoms. The molecule has 0 aliphatic rings. The van der Waals surface area contributed by atoms with Gasteiger partial charge in [-0.05, 0) is 46.5 Å². The van der Waals surface area contributed by atoms with Crippen LogP contribution in [0, 0.1) is 0 Å². The van der Waals surface area contributed by atoms with Crippen LogP contribution in [-0.4, -0.2) is 30.7 Å². The summed E-state index contributed by atoms with van der Waals surface area (Å²) in [6.07, 6.45) is 3.33. The molecule has 0 atom stereocenters. The number of aromatic nitrogens is 1. The Morgan fingerprint density at radius 2 is 1.86 bits per heavy atom. The van der Waals surface area contributed by atoms with Crippen LogP contribution in [0.3, 0.4) is 0 Å². The monoisotopic (exact) mass is 316 g/mol. The summed E-state index contributed by atoms with van der Waals surface area (Å²) in [5, 5.41) is 1.01. The van der Waals surface area contributed by atoms with E-state index in [1.54, 1.807) is 4.57 Å². The highest BCUT2D eigenvalue weighted by atomic mass is 28.3. The molecule has 1 aromatic carbocycles. The van der Waals surface area contributed by atoms with Crippen molar-refractivity contribution in [2.45, 2.75) is 46.0 Å². The van der Waals surface area contributed by atoms with Gasteiger partial charge in [0.2, 0.25) is 0 Å². The molecule has 0 radical (unpaired) electrons. The molecule has 0 spiro atoms. The molecule has 2 aromatic rings. The minimum Gasteiger partial charge on any atom is -0.443 e. The first-order valence-corrected chi connectivity index (χ1v) is 10.9. The summed E-state index contributed by atoms with van der Waals surface area (Å²) >= 11 is 0. The van der Waals surface area contributed by atoms with Crippen molar-refractivity contribution in [2.75, 3.05) is 0 Å². The molecule has 0 fully saturated rings. The molecular weight excluding hydrogens is 292 g/mol. The Labute approximate surface area is 132 Å². The number of hydrogen-bond acceptors (Lipinski definition) is 3. The highest BCUT2D eigenvalue weighted by Gasteiger charge is 2.20. The number of para-hydroxylation sites is 1. The van der Waals surface area contributed by atoms with E-state index in [4.69, 9.17) is 4.74 Å². The molecule has 0 aliphatic carbocycles. The lowest BCUT2D eigenvalue weighted by Gasteiger charge is -2.19. The molecule has 1 aromatic heterocycles. The van der Waals surface area contributed by atoms with Crippen molar-refractivity contribution in [3.63, 3.8) is 0 Å². The van der Waals surface area contributed by atoms with Crippen molar-refractivity contribution in [3.05, 3.63) is 36.0 Å². The fraction of sp³-hybridized carbons (Fsp3) is 0.412. The summed E-state index contributed by atoms with van der Waals surface area (Å²) < 4.78 is 11.7. The van der Waals surface area contributed by atoms with Crippen LogP contribution in [0.25, 0.3) is 10.9 Å². The topological polar surface area (TPSA) is 43.6 Å². The predicted octanol–water partition coefficient (Wildman–Crippen LogP) is 4.68. The van der Waals surface area contributed by atoms with Gasteiger partial charge in [-0.15, -0.1) is 0 Å². The van der Waals surface area contributed by atoms with Gasteiger partial charge in [0.15, 0.2) is 8.24 Å². The van der Waals surface area contributed by atoms with Crippen LogP contribution in [0.5, 0.6) is 0 Å². The average molecular weight is 316 g/mol. The maximum absolute atomic E-state index is 12.4. The zero-order valence-corrected chi connectivity index (χ0v) is 15.2. The first-order chi connectivity index (χ1) is 10.1. The molecule has 0 amide bonds. The number of benzene rings is 1. The second-order valence-electron chi connectivity index (χ2n) is 7.38. The molecule has 0 N–H and O–H groups in total. The number of hydrogen-bond donors (Lipinski definition) is 0. The molecule has 5 heteroatoms. The molecular formula is C17H24N2O2Si. The lowest BCUT2D eigenvalue weighted by atomic mass is 10.2. The Bertz CT molecular complexity index is 718. The van der Waals surface area contributed by atoms with E-state index in [2.05, 4.69) is 24.3 Å². The summed E-state index contributed by atoms with van der Waals surface area (Å²) in [6, 6.07) is 7.81. The zero-order chi connectivity index (χ0) is 16.5. The third kappa shape index (κ3) is 4.07. The fourth-order valence-corrected chi connectivity index (χ4v) is 2.56. The third-order valence-electron chi connectivity index (χ3n) is 2.92. The average Bonchev–Trinajstić information content (AvgIpc) is 2.72. The van der Waals surface area contributed by atoms with Crippen LogP contribution in [0.4, 0.5) is 4.79 Å². The Balaban J connectivity index is 2.49. The third-order valence-corrected chi connectivity index (χ3v) is 3.83. The number of rotatable bonds is 2. The van der Waals surface area contributed by atoms with E-state index in [0.29, 0.717) is 0 Å². The predicted molar refractivity (Wildman–Crippen MR) is 94.5 cm³/mol. The number of fused-ring (bicyclic) bond motifs is 1. The Morgan fingerprint density at radius 3 is 2.45 bits per heavy atom. The van der Waals surface area contributed by atoms with Crippen molar-refractivity contribution in [1.29, 1.82) is 0 Å². The van der Waals surface area contributed by atoms with Crippen LogP contribution in [0.1, 0.15) is 26.3 Å². The van der Waals surface area contributed by atoms with E-state index in [1.807, 2.05) is 57.4 Å². The van der Waals surface area contributed by atoms with Crippen molar-refractivity contribution in [2.24, 2.45) is 4.66 Å². The number of nitrogens with zero attached hydrogens (tertiary/aromatic N) is 2. The Hall–Kier alpha value is -1.88. The van der Waals surface area contributed by atoms with Crippen LogP contribution >= 0.6 is 0 Å². The van der Waals surface area contributed by atoms with Gasteiger partial charge in [-0.1, -0.05) is 18.2 Å². The highest BCUT2D eigenvalue weighted by molar-refractivity contribution is 6.75. The lowest BCUT2D eigenvalue weighted by Crippen LogP contribution is -2.26. The Kier molecular flexibility index (Phi) is 4.29. The maximum Gasteiger partial charge on any atom is 0.419 e. The number of carbonyl (C=O) groups is 1. The van der Waals surface area contributed by atoms with Gasteiger partial charge in [-0.3, -0.25) is 4.57 Å². The molecule has 0 saturated carbocycles. The zero-order valence-electron chi connectivity index (χ0n) is 14.2. The van der Waals surface area contributed by atoms with E-state index in [9.17, 15) is 4.79 Å². The first kappa shape index (κ1) is 16.5. The Morgan fingerprint density at radius 1 is 1.23 bits per heavy atom. The minimum atomic E-state index is -1.54. The molecule has 1 heterocycles. The number of ether oxygens (including phenoxy) is 1. The van der Waals surface area contributed by atoms with E-state index >= 15 is 0 Å². The first-order valence-electron chi connectivity index (χ1n) is 7.45. The fourth-order valence-electron chi connectivity index (χ4n) is 2.03. The molecule has 0 aliphatic heterocycles. The second kappa shape index (κ2) is 5.72. The molecule has 0 unspecified atom stereocenters. The summed E-state index contributed by atoms with van der Waals surface area (Å²) in [7, 11) is -1.54. The standard InChI is InChI=1S/C17H24N2O2Si/c1-17(2,3)21-16(20)19-12-13(11-18-22(4,5)6)14-9-7-8-10-15(14)19/h7-12H,1-6H3/b18-11+. The van der Waals surface area contributed by atoms with Gasteiger partial charge in [0.25, 0.3) is 0 Å². The van der Waals surface area contributed by atoms with Crippen LogP contribution in [0.2, 0.25) is 19.6 Å². The molecule has 2 rings (SSSR count). The summed E-state index contributed by atoms with van der Waals surface area (Å²) in [5.74, 6) is 0. The molecule has 4 nitrogen and oxygen atoms in total. The smallest absolute Gasteiger partial charge is 0.419 e. The lowest BCUT2D eigenvalue weighted by molar-refractivity contribution is 0.0544. The second-order valence-corrected chi connectivity index (χ2v) is 12.0. The van der Waals surface area contributed by atoms with E-state index in [-0.39, 0.29) is 6.09 Å². The number of carbonyl (C=O) groups excluding carboxylic acids is 1. The SMILES string of the molecule is CC(C)(C)OC(=O)n1cc(/C=N/[Si](C)(C)C)c2ccccc21. The van der Waals surface area contributed by atoms with Gasteiger partial charge in [0.1, 0.15) is 5.60 Å². The largest absolute Gasteiger partial charge is 0.443 e. The van der Waals surface area contributed by atoms with Crippen LogP contribution in [-0.2, 0) is 4.74 Å². The van der Waals surface area contributed by atoms with Gasteiger partial charge in [0.05, 0.1) is 5.52 Å². The molecule has 0 saturated heterocycles. The van der Waals surface area contributed by atoms with Crippen LogP contribution in [0.15, 0.2) is 35.1 Å². The van der Waals surface area contributed by atoms with Crippen molar-refractivity contribution in [3.8, 4) is 0 Å². The van der Waals surface area contributed by atoms with Crippen molar-refractivity contribution < 1.29 is 9.53 Å². The summed E-state index contributed by atoms with van der Waals surface area (Å²) in [4.78, 5) is 12.4. The van der Waals surface area contributed by atoms with Gasteiger partial charge >= 0.3 is 6.09 Å². The molecule has 118 valence electrons. The normalized spacial score (nSPS) is 13.0. The summed E-state index contributed by atoms with van der Waals surface area (Å²) in [5.41, 5.74) is 1.27. The van der Waals surface area contributed by atoms with Crippen molar-refractivity contribution in [1.82, 2.24) is 4.57 Å². The highest BCUT2D eigenvalue weighted by Crippen LogP contribution is 2.22. The maximum atomic E-state index is 12.4. The quantitative estimate of drug-likeness (QED) is 0.596. The van der Waals surface area contributed by atoms with E-state index in [0.717, 1.165) is 16.5 Å².